The van der Waals surface area contributed by atoms with E-state index in [0.29, 0.717) is 18.6 Å². The number of aliphatic carboxylic acids is 1. The maximum Gasteiger partial charge on any atom is 0.303 e. The van der Waals surface area contributed by atoms with Crippen molar-refractivity contribution in [2.24, 2.45) is 0 Å². The molecular formula is C16H23NO4. The van der Waals surface area contributed by atoms with Crippen LogP contribution >= 0.6 is 0 Å². The van der Waals surface area contributed by atoms with Crippen LogP contribution in [0.15, 0.2) is 18.2 Å². The van der Waals surface area contributed by atoms with Gasteiger partial charge in [-0.05, 0) is 56.9 Å². The third kappa shape index (κ3) is 6.79. The lowest BCUT2D eigenvalue weighted by Crippen LogP contribution is -2.36. The molecule has 116 valence electrons. The van der Waals surface area contributed by atoms with Crippen LogP contribution in [0.2, 0.25) is 0 Å². The van der Waals surface area contributed by atoms with Gasteiger partial charge in [-0.25, -0.2) is 0 Å². The van der Waals surface area contributed by atoms with Gasteiger partial charge in [0, 0.05) is 12.5 Å². The predicted molar refractivity (Wildman–Crippen MR) is 80.5 cm³/mol. The highest BCUT2D eigenvalue weighted by atomic mass is 16.5. The molecular weight excluding hydrogens is 270 g/mol. The number of hydrogen-bond donors (Lipinski definition) is 2. The number of carboxylic acids is 1. The van der Waals surface area contributed by atoms with E-state index in [-0.39, 0.29) is 25.0 Å². The molecule has 1 rings (SSSR count). The van der Waals surface area contributed by atoms with Gasteiger partial charge in [-0.2, -0.15) is 0 Å². The zero-order valence-corrected chi connectivity index (χ0v) is 12.8. The minimum absolute atomic E-state index is 0.0359. The molecule has 0 aliphatic rings. The number of benzene rings is 1. The van der Waals surface area contributed by atoms with Crippen LogP contribution in [0, 0.1) is 13.8 Å². The van der Waals surface area contributed by atoms with E-state index in [1.807, 2.05) is 39.0 Å². The summed E-state index contributed by atoms with van der Waals surface area (Å²) in [7, 11) is 0. The molecule has 0 aliphatic carbocycles. The van der Waals surface area contributed by atoms with Gasteiger partial charge in [0.2, 0.25) is 0 Å². The van der Waals surface area contributed by atoms with Gasteiger partial charge < -0.3 is 15.2 Å². The standard InChI is InChI=1S/C16H23NO4/c1-11-7-8-14(9-12(11)2)21-10-15(18)17-13(3)5-4-6-16(19)20/h7-9,13H,4-6,10H2,1-3H3,(H,17,18)(H,19,20). The molecule has 0 fully saturated rings. The third-order valence-corrected chi connectivity index (χ3v) is 3.28. The number of ether oxygens (including phenoxy) is 1. The van der Waals surface area contributed by atoms with Crippen LogP contribution in [0.5, 0.6) is 5.75 Å². The predicted octanol–water partition coefficient (Wildman–Crippen LogP) is 2.44. The molecule has 0 radical (unpaired) electrons. The second kappa shape index (κ2) is 8.29. The number of carbonyl (C=O) groups excluding carboxylic acids is 1. The number of aryl methyl sites for hydroxylation is 2. The first-order valence-corrected chi connectivity index (χ1v) is 7.09. The summed E-state index contributed by atoms with van der Waals surface area (Å²) in [6, 6.07) is 5.64. The Labute approximate surface area is 125 Å². The topological polar surface area (TPSA) is 75.6 Å². The number of rotatable bonds is 8. The summed E-state index contributed by atoms with van der Waals surface area (Å²) in [5.41, 5.74) is 2.30. The fraction of sp³-hybridized carbons (Fsp3) is 0.500. The van der Waals surface area contributed by atoms with Crippen molar-refractivity contribution in [3.05, 3.63) is 29.3 Å². The lowest BCUT2D eigenvalue weighted by molar-refractivity contribution is -0.137. The van der Waals surface area contributed by atoms with Gasteiger partial charge in [0.1, 0.15) is 5.75 Å². The molecule has 1 aromatic carbocycles. The van der Waals surface area contributed by atoms with Crippen molar-refractivity contribution >= 4 is 11.9 Å². The van der Waals surface area contributed by atoms with Gasteiger partial charge in [0.15, 0.2) is 6.61 Å². The second-order valence-corrected chi connectivity index (χ2v) is 5.29. The minimum atomic E-state index is -0.813. The smallest absolute Gasteiger partial charge is 0.303 e. The van der Waals surface area contributed by atoms with Gasteiger partial charge in [0.25, 0.3) is 5.91 Å². The van der Waals surface area contributed by atoms with E-state index in [0.717, 1.165) is 5.56 Å². The van der Waals surface area contributed by atoms with E-state index >= 15 is 0 Å². The Kier molecular flexibility index (Phi) is 6.72. The van der Waals surface area contributed by atoms with Crippen LogP contribution in [-0.4, -0.2) is 29.6 Å². The highest BCUT2D eigenvalue weighted by molar-refractivity contribution is 5.77. The molecule has 1 unspecified atom stereocenters. The van der Waals surface area contributed by atoms with E-state index in [9.17, 15) is 9.59 Å². The summed E-state index contributed by atoms with van der Waals surface area (Å²) in [4.78, 5) is 22.1. The van der Waals surface area contributed by atoms with E-state index in [1.54, 1.807) is 0 Å². The number of carboxylic acid groups (broad SMARTS) is 1. The first-order chi connectivity index (χ1) is 9.88. The zero-order chi connectivity index (χ0) is 15.8. The Morgan fingerprint density at radius 2 is 2.00 bits per heavy atom. The highest BCUT2D eigenvalue weighted by Gasteiger charge is 2.09. The molecule has 0 saturated heterocycles. The second-order valence-electron chi connectivity index (χ2n) is 5.29. The molecule has 0 bridgehead atoms. The van der Waals surface area contributed by atoms with E-state index in [1.165, 1.54) is 5.56 Å². The summed E-state index contributed by atoms with van der Waals surface area (Å²) < 4.78 is 5.44. The molecule has 1 atom stereocenters. The van der Waals surface area contributed by atoms with Crippen molar-refractivity contribution in [3.63, 3.8) is 0 Å². The third-order valence-electron chi connectivity index (χ3n) is 3.28. The first-order valence-electron chi connectivity index (χ1n) is 7.09. The van der Waals surface area contributed by atoms with Crippen molar-refractivity contribution < 1.29 is 19.4 Å². The van der Waals surface area contributed by atoms with Crippen LogP contribution in [0.1, 0.15) is 37.3 Å². The molecule has 5 nitrogen and oxygen atoms in total. The SMILES string of the molecule is Cc1ccc(OCC(=O)NC(C)CCCC(=O)O)cc1C. The molecule has 21 heavy (non-hydrogen) atoms. The molecule has 1 amide bonds. The van der Waals surface area contributed by atoms with Crippen LogP contribution in [0.3, 0.4) is 0 Å². The summed E-state index contributed by atoms with van der Waals surface area (Å²) in [6.45, 7) is 5.83. The number of nitrogens with one attached hydrogen (secondary N) is 1. The molecule has 0 saturated carbocycles. The maximum absolute atomic E-state index is 11.7. The summed E-state index contributed by atoms with van der Waals surface area (Å²) >= 11 is 0. The molecule has 5 heteroatoms. The Hall–Kier alpha value is -2.04. The zero-order valence-electron chi connectivity index (χ0n) is 12.8. The number of amides is 1. The van der Waals surface area contributed by atoms with Gasteiger partial charge in [-0.1, -0.05) is 6.07 Å². The molecule has 0 aliphatic heterocycles. The van der Waals surface area contributed by atoms with Crippen LogP contribution in [-0.2, 0) is 9.59 Å². The quantitative estimate of drug-likeness (QED) is 0.772. The van der Waals surface area contributed by atoms with Crippen molar-refractivity contribution in [2.75, 3.05) is 6.61 Å². The van der Waals surface area contributed by atoms with E-state index < -0.39 is 5.97 Å². The summed E-state index contributed by atoms with van der Waals surface area (Å²) in [6.07, 6.45) is 1.32. The van der Waals surface area contributed by atoms with Gasteiger partial charge >= 0.3 is 5.97 Å². The summed E-state index contributed by atoms with van der Waals surface area (Å²) in [5, 5.41) is 11.3. The number of carbonyl (C=O) groups is 2. The van der Waals surface area contributed by atoms with Crippen LogP contribution in [0.25, 0.3) is 0 Å². The Morgan fingerprint density at radius 1 is 1.29 bits per heavy atom. The van der Waals surface area contributed by atoms with E-state index in [2.05, 4.69) is 5.32 Å². The lowest BCUT2D eigenvalue weighted by Gasteiger charge is -2.14. The van der Waals surface area contributed by atoms with Crippen molar-refractivity contribution in [1.29, 1.82) is 0 Å². The maximum atomic E-state index is 11.7. The monoisotopic (exact) mass is 293 g/mol. The summed E-state index contributed by atoms with van der Waals surface area (Å²) in [5.74, 6) is -0.338. The van der Waals surface area contributed by atoms with Gasteiger partial charge in [-0.3, -0.25) is 9.59 Å². The minimum Gasteiger partial charge on any atom is -0.484 e. The normalized spacial score (nSPS) is 11.8. The van der Waals surface area contributed by atoms with Crippen molar-refractivity contribution in [2.45, 2.75) is 46.1 Å². The van der Waals surface area contributed by atoms with Crippen LogP contribution in [0.4, 0.5) is 0 Å². The van der Waals surface area contributed by atoms with Gasteiger partial charge in [0.05, 0.1) is 0 Å². The largest absolute Gasteiger partial charge is 0.484 e. The van der Waals surface area contributed by atoms with E-state index in [4.69, 9.17) is 9.84 Å². The lowest BCUT2D eigenvalue weighted by atomic mass is 10.1. The Bertz CT molecular complexity index is 499. The van der Waals surface area contributed by atoms with Crippen molar-refractivity contribution in [3.8, 4) is 5.75 Å². The van der Waals surface area contributed by atoms with Gasteiger partial charge in [-0.15, -0.1) is 0 Å². The molecule has 1 aromatic rings. The highest BCUT2D eigenvalue weighted by Crippen LogP contribution is 2.16. The van der Waals surface area contributed by atoms with Crippen LogP contribution < -0.4 is 10.1 Å². The molecule has 0 heterocycles. The Morgan fingerprint density at radius 3 is 2.62 bits per heavy atom. The fourth-order valence-corrected chi connectivity index (χ4v) is 1.90. The Balaban J connectivity index is 2.30. The molecule has 0 aromatic heterocycles. The fourth-order valence-electron chi connectivity index (χ4n) is 1.90. The number of hydrogen-bond acceptors (Lipinski definition) is 3. The molecule has 2 N–H and O–H groups in total. The van der Waals surface area contributed by atoms with Crippen molar-refractivity contribution in [1.82, 2.24) is 5.32 Å². The average molecular weight is 293 g/mol. The molecule has 0 spiro atoms. The average Bonchev–Trinajstić information content (AvgIpc) is 2.39. The first kappa shape index (κ1) is 17.0.